The smallest absolute Gasteiger partial charge is 0.256 e. The van der Waals surface area contributed by atoms with Crippen molar-refractivity contribution in [2.24, 2.45) is 0 Å². The summed E-state index contributed by atoms with van der Waals surface area (Å²) in [4.78, 5) is 26.7. The van der Waals surface area contributed by atoms with Crippen LogP contribution < -0.4 is 10.2 Å². The van der Waals surface area contributed by atoms with E-state index in [4.69, 9.17) is 0 Å². The van der Waals surface area contributed by atoms with E-state index in [1.54, 1.807) is 0 Å². The molecule has 2 aromatic rings. The van der Waals surface area contributed by atoms with Crippen LogP contribution in [0.5, 0.6) is 0 Å². The molecule has 1 fully saturated rings. The summed E-state index contributed by atoms with van der Waals surface area (Å²) in [7, 11) is 0. The van der Waals surface area contributed by atoms with Gasteiger partial charge in [0.15, 0.2) is 0 Å². The second kappa shape index (κ2) is 6.11. The summed E-state index contributed by atoms with van der Waals surface area (Å²) in [6, 6.07) is 11.3. The zero-order valence-electron chi connectivity index (χ0n) is 14.5. The predicted octanol–water partition coefficient (Wildman–Crippen LogP) is 3.66. The third-order valence-electron chi connectivity index (χ3n) is 4.40. The van der Waals surface area contributed by atoms with E-state index < -0.39 is 6.04 Å². The third kappa shape index (κ3) is 2.92. The highest BCUT2D eigenvalue weighted by Crippen LogP contribution is 2.31. The number of benzene rings is 2. The molecule has 1 atom stereocenters. The first-order valence-corrected chi connectivity index (χ1v) is 8.14. The van der Waals surface area contributed by atoms with Gasteiger partial charge in [-0.3, -0.25) is 9.59 Å². The molecule has 124 valence electrons. The quantitative estimate of drug-likeness (QED) is 0.877. The first-order valence-electron chi connectivity index (χ1n) is 8.14. The molecule has 2 aromatic carbocycles. The minimum absolute atomic E-state index is 0.153. The van der Waals surface area contributed by atoms with Crippen molar-refractivity contribution < 1.29 is 9.59 Å². The molecule has 2 amide bonds. The molecule has 0 saturated carbocycles. The van der Waals surface area contributed by atoms with E-state index in [9.17, 15) is 9.59 Å². The molecule has 1 aliphatic rings. The van der Waals surface area contributed by atoms with Crippen LogP contribution in [-0.4, -0.2) is 17.9 Å². The average Bonchev–Trinajstić information content (AvgIpc) is 2.76. The molecule has 0 bridgehead atoms. The van der Waals surface area contributed by atoms with Crippen LogP contribution in [0.1, 0.15) is 28.7 Å². The second-order valence-electron chi connectivity index (χ2n) is 6.58. The number of hydrogen-bond acceptors (Lipinski definition) is 3. The molecule has 1 aliphatic heterocycles. The minimum Gasteiger partial charge on any atom is -0.373 e. The van der Waals surface area contributed by atoms with Gasteiger partial charge in [0.2, 0.25) is 5.91 Å². The molecule has 4 nitrogen and oxygen atoms in total. The highest BCUT2D eigenvalue weighted by atomic mass is 16.2. The van der Waals surface area contributed by atoms with Crippen molar-refractivity contribution in [2.75, 3.05) is 10.2 Å². The van der Waals surface area contributed by atoms with E-state index in [1.165, 1.54) is 4.90 Å². The van der Waals surface area contributed by atoms with Gasteiger partial charge in [-0.05, 0) is 51.0 Å². The lowest BCUT2D eigenvalue weighted by Gasteiger charge is -2.21. The fraction of sp³-hybridized carbons (Fsp3) is 0.300. The van der Waals surface area contributed by atoms with Gasteiger partial charge in [0.1, 0.15) is 6.04 Å². The first kappa shape index (κ1) is 16.2. The van der Waals surface area contributed by atoms with Crippen LogP contribution in [0.15, 0.2) is 36.4 Å². The van der Waals surface area contributed by atoms with Gasteiger partial charge in [0.05, 0.1) is 12.1 Å². The fourth-order valence-corrected chi connectivity index (χ4v) is 3.36. The lowest BCUT2D eigenvalue weighted by atomic mass is 10.0. The zero-order valence-corrected chi connectivity index (χ0v) is 14.5. The Balaban J connectivity index is 1.88. The van der Waals surface area contributed by atoms with Gasteiger partial charge >= 0.3 is 0 Å². The summed E-state index contributed by atoms with van der Waals surface area (Å²) in [5.74, 6) is -0.338. The molecule has 24 heavy (non-hydrogen) atoms. The molecule has 0 radical (unpaired) electrons. The van der Waals surface area contributed by atoms with E-state index in [0.29, 0.717) is 0 Å². The zero-order chi connectivity index (χ0) is 17.4. The van der Waals surface area contributed by atoms with Crippen molar-refractivity contribution in [3.63, 3.8) is 0 Å². The number of anilines is 2. The van der Waals surface area contributed by atoms with Crippen LogP contribution in [-0.2, 0) is 9.59 Å². The standard InChI is InChI=1S/C20H22N2O2/c1-12-5-7-16(8-6-12)21-17-11-18(23)22(20(17)24)19-14(3)9-13(2)10-15(19)4/h5-10,17,21H,11H2,1-4H3. The summed E-state index contributed by atoms with van der Waals surface area (Å²) in [5, 5.41) is 3.19. The molecule has 4 heteroatoms. The molecular formula is C20H22N2O2. The lowest BCUT2D eigenvalue weighted by Crippen LogP contribution is -2.35. The van der Waals surface area contributed by atoms with Crippen molar-refractivity contribution in [1.82, 2.24) is 0 Å². The number of aryl methyl sites for hydroxylation is 4. The number of amides is 2. The normalized spacial score (nSPS) is 17.5. The van der Waals surface area contributed by atoms with Crippen LogP contribution in [0.4, 0.5) is 11.4 Å². The highest BCUT2D eigenvalue weighted by Gasteiger charge is 2.40. The highest BCUT2D eigenvalue weighted by molar-refractivity contribution is 6.23. The van der Waals surface area contributed by atoms with E-state index in [1.807, 2.05) is 64.1 Å². The predicted molar refractivity (Wildman–Crippen MR) is 96.4 cm³/mol. The summed E-state index contributed by atoms with van der Waals surface area (Å²) < 4.78 is 0. The summed E-state index contributed by atoms with van der Waals surface area (Å²) in [5.41, 5.74) is 5.76. The number of nitrogens with one attached hydrogen (secondary N) is 1. The van der Waals surface area contributed by atoms with Gasteiger partial charge in [0.25, 0.3) is 5.91 Å². The third-order valence-corrected chi connectivity index (χ3v) is 4.40. The van der Waals surface area contributed by atoms with Gasteiger partial charge in [-0.25, -0.2) is 4.90 Å². The Morgan fingerprint density at radius 3 is 2.08 bits per heavy atom. The van der Waals surface area contributed by atoms with Gasteiger partial charge < -0.3 is 5.32 Å². The van der Waals surface area contributed by atoms with Crippen LogP contribution in [0.25, 0.3) is 0 Å². The van der Waals surface area contributed by atoms with Crippen LogP contribution in [0.2, 0.25) is 0 Å². The van der Waals surface area contributed by atoms with Gasteiger partial charge in [0, 0.05) is 5.69 Å². The van der Waals surface area contributed by atoms with E-state index >= 15 is 0 Å². The lowest BCUT2D eigenvalue weighted by molar-refractivity contribution is -0.121. The first-order chi connectivity index (χ1) is 11.4. The Hall–Kier alpha value is -2.62. The monoisotopic (exact) mass is 322 g/mol. The SMILES string of the molecule is Cc1ccc(NC2CC(=O)N(c3c(C)cc(C)cc3C)C2=O)cc1. The number of carbonyl (C=O) groups is 2. The summed E-state index contributed by atoms with van der Waals surface area (Å²) >= 11 is 0. The van der Waals surface area contributed by atoms with Gasteiger partial charge in [-0.2, -0.15) is 0 Å². The Morgan fingerprint density at radius 2 is 1.50 bits per heavy atom. The molecule has 3 rings (SSSR count). The molecule has 1 saturated heterocycles. The van der Waals surface area contributed by atoms with E-state index in [0.717, 1.165) is 33.6 Å². The van der Waals surface area contributed by atoms with Crippen molar-refractivity contribution in [3.8, 4) is 0 Å². The Bertz CT molecular complexity index is 786. The van der Waals surface area contributed by atoms with Crippen molar-refractivity contribution >= 4 is 23.2 Å². The van der Waals surface area contributed by atoms with Crippen LogP contribution >= 0.6 is 0 Å². The molecule has 0 aromatic heterocycles. The number of carbonyl (C=O) groups excluding carboxylic acids is 2. The topological polar surface area (TPSA) is 49.4 Å². The van der Waals surface area contributed by atoms with E-state index in [2.05, 4.69) is 5.32 Å². The number of hydrogen-bond donors (Lipinski definition) is 1. The molecular weight excluding hydrogens is 300 g/mol. The number of nitrogens with zero attached hydrogens (tertiary/aromatic N) is 1. The molecule has 1 heterocycles. The van der Waals surface area contributed by atoms with Gasteiger partial charge in [-0.1, -0.05) is 35.4 Å². The maximum atomic E-state index is 12.8. The summed E-state index contributed by atoms with van der Waals surface area (Å²) in [6.45, 7) is 7.91. The Kier molecular flexibility index (Phi) is 4.14. The van der Waals surface area contributed by atoms with Gasteiger partial charge in [-0.15, -0.1) is 0 Å². The van der Waals surface area contributed by atoms with Crippen LogP contribution in [0.3, 0.4) is 0 Å². The average molecular weight is 322 g/mol. The molecule has 1 unspecified atom stereocenters. The molecule has 0 spiro atoms. The fourth-order valence-electron chi connectivity index (χ4n) is 3.36. The molecule has 1 N–H and O–H groups in total. The summed E-state index contributed by atoms with van der Waals surface area (Å²) in [6.07, 6.45) is 0.180. The van der Waals surface area contributed by atoms with Crippen molar-refractivity contribution in [1.29, 1.82) is 0 Å². The Morgan fingerprint density at radius 1 is 0.917 bits per heavy atom. The largest absolute Gasteiger partial charge is 0.373 e. The maximum absolute atomic E-state index is 12.8. The number of rotatable bonds is 3. The number of imide groups is 1. The second-order valence-corrected chi connectivity index (χ2v) is 6.58. The molecule has 0 aliphatic carbocycles. The Labute approximate surface area is 142 Å². The van der Waals surface area contributed by atoms with Crippen molar-refractivity contribution in [2.45, 2.75) is 40.2 Å². The van der Waals surface area contributed by atoms with E-state index in [-0.39, 0.29) is 18.2 Å². The minimum atomic E-state index is -0.514. The maximum Gasteiger partial charge on any atom is 0.256 e. The van der Waals surface area contributed by atoms with Crippen LogP contribution in [0, 0.1) is 27.7 Å². The van der Waals surface area contributed by atoms with Crippen molar-refractivity contribution in [3.05, 3.63) is 58.7 Å².